The first kappa shape index (κ1) is 21.0. The summed E-state index contributed by atoms with van der Waals surface area (Å²) < 4.78 is 8.68. The molecule has 160 valence electrons. The van der Waals surface area contributed by atoms with Gasteiger partial charge in [-0.1, -0.05) is 17.8 Å². The average Bonchev–Trinajstić information content (AvgIpc) is 3.00. The molecule has 4 rings (SSSR count). The Kier molecular flexibility index (Phi) is 5.49. The van der Waals surface area contributed by atoms with Crippen LogP contribution >= 0.6 is 11.8 Å². The summed E-state index contributed by atoms with van der Waals surface area (Å²) in [5.41, 5.74) is 4.82. The Morgan fingerprint density at radius 1 is 1.10 bits per heavy atom. The minimum absolute atomic E-state index is 0.146. The second kappa shape index (κ2) is 8.11. The summed E-state index contributed by atoms with van der Waals surface area (Å²) in [4.78, 5) is 30.3. The summed E-state index contributed by atoms with van der Waals surface area (Å²) in [5.74, 6) is 0.695. The number of fused-ring (bicyclic) bond motifs is 3. The van der Waals surface area contributed by atoms with Gasteiger partial charge >= 0.3 is 0 Å². The second-order valence-corrected chi connectivity index (χ2v) is 8.55. The van der Waals surface area contributed by atoms with Crippen molar-refractivity contribution in [1.29, 1.82) is 0 Å². The van der Waals surface area contributed by atoms with Crippen molar-refractivity contribution in [3.05, 3.63) is 57.9 Å². The smallest absolute Gasteiger partial charge is 0.278 e. The second-order valence-electron chi connectivity index (χ2n) is 7.61. The lowest BCUT2D eigenvalue weighted by molar-refractivity contribution is -0.113. The number of benzene rings is 2. The van der Waals surface area contributed by atoms with E-state index in [0.717, 1.165) is 27.7 Å². The number of carbonyl (C=O) groups is 1. The van der Waals surface area contributed by atoms with Crippen LogP contribution in [0.25, 0.3) is 21.9 Å². The lowest BCUT2D eigenvalue weighted by Crippen LogP contribution is -2.22. The van der Waals surface area contributed by atoms with Gasteiger partial charge in [-0.3, -0.25) is 14.2 Å². The number of anilines is 1. The van der Waals surface area contributed by atoms with Crippen LogP contribution in [0.4, 0.5) is 5.69 Å². The predicted molar refractivity (Wildman–Crippen MR) is 125 cm³/mol. The summed E-state index contributed by atoms with van der Waals surface area (Å²) in [6, 6.07) is 11.6. The van der Waals surface area contributed by atoms with Gasteiger partial charge in [-0.25, -0.2) is 4.98 Å². The molecule has 0 saturated heterocycles. The number of ether oxygens (including phenoxy) is 1. The fraction of sp³-hybridized carbons (Fsp3) is 0.261. The minimum atomic E-state index is -0.153. The van der Waals surface area contributed by atoms with E-state index in [2.05, 4.69) is 11.4 Å². The number of thioether (sulfide) groups is 1. The van der Waals surface area contributed by atoms with Crippen molar-refractivity contribution in [1.82, 2.24) is 14.1 Å². The summed E-state index contributed by atoms with van der Waals surface area (Å²) in [5, 5.41) is 4.25. The number of hydrogen-bond acceptors (Lipinski definition) is 5. The van der Waals surface area contributed by atoms with Crippen molar-refractivity contribution >= 4 is 45.3 Å². The Bertz CT molecular complexity index is 1370. The molecule has 0 aliphatic heterocycles. The molecule has 31 heavy (non-hydrogen) atoms. The highest BCUT2D eigenvalue weighted by Gasteiger charge is 2.18. The molecule has 1 N–H and O–H groups in total. The zero-order chi connectivity index (χ0) is 22.3. The highest BCUT2D eigenvalue weighted by Crippen LogP contribution is 2.29. The van der Waals surface area contributed by atoms with Gasteiger partial charge in [0, 0.05) is 25.2 Å². The number of amides is 1. The molecule has 0 saturated carbocycles. The van der Waals surface area contributed by atoms with Crippen LogP contribution in [0.1, 0.15) is 11.1 Å². The van der Waals surface area contributed by atoms with Gasteiger partial charge in [0.25, 0.3) is 5.56 Å². The van der Waals surface area contributed by atoms with Crippen molar-refractivity contribution < 1.29 is 9.53 Å². The van der Waals surface area contributed by atoms with Gasteiger partial charge in [-0.05, 0) is 55.3 Å². The lowest BCUT2D eigenvalue weighted by Gasteiger charge is -2.09. The van der Waals surface area contributed by atoms with E-state index in [4.69, 9.17) is 9.72 Å². The molecule has 4 aromatic rings. The molecule has 1 amide bonds. The van der Waals surface area contributed by atoms with E-state index in [0.29, 0.717) is 21.9 Å². The van der Waals surface area contributed by atoms with Gasteiger partial charge in [-0.2, -0.15) is 0 Å². The maximum Gasteiger partial charge on any atom is 0.278 e. The standard InChI is InChI=1S/C23H24N4O3S/c1-13-8-14(2)10-15(9-13)24-19(28)12-31-23-25-20-17-11-16(30-5)6-7-18(17)26(3)21(20)22(29)27(23)4/h6-11H,12H2,1-5H3,(H,24,28). The van der Waals surface area contributed by atoms with Crippen molar-refractivity contribution in [3.63, 3.8) is 0 Å². The van der Waals surface area contributed by atoms with Crippen LogP contribution < -0.4 is 15.6 Å². The Morgan fingerprint density at radius 2 is 1.81 bits per heavy atom. The summed E-state index contributed by atoms with van der Waals surface area (Å²) >= 11 is 1.24. The van der Waals surface area contributed by atoms with Gasteiger partial charge in [0.15, 0.2) is 5.16 Å². The van der Waals surface area contributed by atoms with Crippen LogP contribution in [0, 0.1) is 13.8 Å². The number of aromatic nitrogens is 3. The number of carbonyl (C=O) groups excluding carboxylic acids is 1. The van der Waals surface area contributed by atoms with Crippen molar-refractivity contribution in [2.45, 2.75) is 19.0 Å². The SMILES string of the molecule is COc1ccc2c(c1)c1nc(SCC(=O)Nc3cc(C)cc(C)c3)n(C)c(=O)c1n2C. The van der Waals surface area contributed by atoms with E-state index in [1.165, 1.54) is 16.3 Å². The van der Waals surface area contributed by atoms with E-state index in [9.17, 15) is 9.59 Å². The first-order valence-electron chi connectivity index (χ1n) is 9.82. The molecule has 2 aromatic heterocycles. The van der Waals surface area contributed by atoms with Crippen LogP contribution in [-0.4, -0.2) is 32.9 Å². The molecule has 0 spiro atoms. The van der Waals surface area contributed by atoms with Crippen LogP contribution in [0.2, 0.25) is 0 Å². The lowest BCUT2D eigenvalue weighted by atomic mass is 10.1. The molecule has 0 aliphatic rings. The zero-order valence-corrected chi connectivity index (χ0v) is 19.0. The molecule has 0 aliphatic carbocycles. The molecular formula is C23H24N4O3S. The molecule has 2 aromatic carbocycles. The van der Waals surface area contributed by atoms with Crippen LogP contribution in [0.15, 0.2) is 46.3 Å². The van der Waals surface area contributed by atoms with Crippen molar-refractivity contribution in [2.24, 2.45) is 14.1 Å². The Hall–Kier alpha value is -3.26. The minimum Gasteiger partial charge on any atom is -0.497 e. The van der Waals surface area contributed by atoms with E-state index in [1.807, 2.05) is 55.8 Å². The average molecular weight is 437 g/mol. The molecular weight excluding hydrogens is 412 g/mol. The Labute approximate surface area is 184 Å². The third-order valence-corrected chi connectivity index (χ3v) is 6.25. The quantitative estimate of drug-likeness (QED) is 0.381. The molecule has 8 heteroatoms. The molecule has 0 atom stereocenters. The van der Waals surface area contributed by atoms with Crippen molar-refractivity contribution in [2.75, 3.05) is 18.2 Å². The normalized spacial score (nSPS) is 11.3. The van der Waals surface area contributed by atoms with Crippen LogP contribution in [0.5, 0.6) is 5.75 Å². The third kappa shape index (κ3) is 3.90. The number of hydrogen-bond donors (Lipinski definition) is 1. The van der Waals surface area contributed by atoms with Gasteiger partial charge in [0.2, 0.25) is 5.91 Å². The zero-order valence-electron chi connectivity index (χ0n) is 18.1. The van der Waals surface area contributed by atoms with Gasteiger partial charge in [-0.15, -0.1) is 0 Å². The molecule has 0 bridgehead atoms. The predicted octanol–water partition coefficient (Wildman–Crippen LogP) is 3.78. The van der Waals surface area contributed by atoms with E-state index < -0.39 is 0 Å². The highest BCUT2D eigenvalue weighted by atomic mass is 32.2. The number of rotatable bonds is 5. The first-order valence-corrected chi connectivity index (χ1v) is 10.8. The van der Waals surface area contributed by atoms with Crippen LogP contribution in [0.3, 0.4) is 0 Å². The fourth-order valence-electron chi connectivity index (χ4n) is 3.81. The molecule has 0 fully saturated rings. The van der Waals surface area contributed by atoms with E-state index in [1.54, 1.807) is 14.2 Å². The molecule has 7 nitrogen and oxygen atoms in total. The molecule has 2 heterocycles. The Morgan fingerprint density at radius 3 is 2.48 bits per heavy atom. The third-order valence-electron chi connectivity index (χ3n) is 5.22. The Balaban J connectivity index is 1.66. The van der Waals surface area contributed by atoms with Gasteiger partial charge in [0.05, 0.1) is 18.4 Å². The van der Waals surface area contributed by atoms with E-state index in [-0.39, 0.29) is 17.2 Å². The maximum absolute atomic E-state index is 13.1. The molecule has 0 radical (unpaired) electrons. The number of aryl methyl sites for hydroxylation is 3. The number of methoxy groups -OCH3 is 1. The van der Waals surface area contributed by atoms with Crippen molar-refractivity contribution in [3.8, 4) is 5.75 Å². The fourth-order valence-corrected chi connectivity index (χ4v) is 4.57. The van der Waals surface area contributed by atoms with Gasteiger partial charge in [0.1, 0.15) is 16.8 Å². The largest absolute Gasteiger partial charge is 0.497 e. The first-order chi connectivity index (χ1) is 14.8. The highest BCUT2D eigenvalue weighted by molar-refractivity contribution is 7.99. The summed E-state index contributed by atoms with van der Waals surface area (Å²) in [6.45, 7) is 3.98. The summed E-state index contributed by atoms with van der Waals surface area (Å²) in [7, 11) is 5.13. The van der Waals surface area contributed by atoms with E-state index >= 15 is 0 Å². The summed E-state index contributed by atoms with van der Waals surface area (Å²) in [6.07, 6.45) is 0. The molecule has 0 unspecified atom stereocenters. The maximum atomic E-state index is 13.1. The topological polar surface area (TPSA) is 78.2 Å². The number of nitrogens with zero attached hydrogens (tertiary/aromatic N) is 3. The van der Waals surface area contributed by atoms with Crippen LogP contribution in [-0.2, 0) is 18.9 Å². The number of nitrogens with one attached hydrogen (secondary N) is 1. The monoisotopic (exact) mass is 436 g/mol. The van der Waals surface area contributed by atoms with Gasteiger partial charge < -0.3 is 14.6 Å².